The number of para-hydroxylation sites is 1. The number of aryl methyl sites for hydroxylation is 1. The van der Waals surface area contributed by atoms with Gasteiger partial charge in [0, 0.05) is 18.8 Å². The molecule has 2 heteroatoms. The van der Waals surface area contributed by atoms with Gasteiger partial charge in [-0.15, -0.1) is 0 Å². The summed E-state index contributed by atoms with van der Waals surface area (Å²) in [5.41, 5.74) is 8.68. The molecule has 18 heavy (non-hydrogen) atoms. The molecule has 1 aliphatic heterocycles. The fourth-order valence-corrected chi connectivity index (χ4v) is 2.75. The van der Waals surface area contributed by atoms with Gasteiger partial charge in [0.2, 0.25) is 0 Å². The van der Waals surface area contributed by atoms with E-state index in [-0.39, 0.29) is 0 Å². The van der Waals surface area contributed by atoms with Gasteiger partial charge in [0.05, 0.1) is 0 Å². The largest absolute Gasteiger partial charge is 0.371 e. The molecule has 2 nitrogen and oxygen atoms in total. The van der Waals surface area contributed by atoms with Crippen LogP contribution < -0.4 is 10.6 Å². The Morgan fingerprint density at radius 3 is 2.94 bits per heavy atom. The SMILES string of the molecule is CC(CN)CCCN1CCCCc2ccccc21. The van der Waals surface area contributed by atoms with Crippen LogP contribution in [0.5, 0.6) is 0 Å². The van der Waals surface area contributed by atoms with Gasteiger partial charge in [0.1, 0.15) is 0 Å². The van der Waals surface area contributed by atoms with Crippen LogP contribution >= 0.6 is 0 Å². The van der Waals surface area contributed by atoms with E-state index in [1.807, 2.05) is 0 Å². The maximum atomic E-state index is 5.68. The molecular weight excluding hydrogens is 220 g/mol. The van der Waals surface area contributed by atoms with Gasteiger partial charge in [-0.3, -0.25) is 0 Å². The van der Waals surface area contributed by atoms with E-state index in [0.29, 0.717) is 5.92 Å². The summed E-state index contributed by atoms with van der Waals surface area (Å²) in [7, 11) is 0. The minimum atomic E-state index is 0.659. The number of nitrogens with two attached hydrogens (primary N) is 1. The molecule has 0 saturated heterocycles. The third kappa shape index (κ3) is 3.49. The summed E-state index contributed by atoms with van der Waals surface area (Å²) in [4.78, 5) is 2.57. The quantitative estimate of drug-likeness (QED) is 0.864. The summed E-state index contributed by atoms with van der Waals surface area (Å²) in [6.07, 6.45) is 6.39. The zero-order chi connectivity index (χ0) is 12.8. The van der Waals surface area contributed by atoms with E-state index in [1.54, 1.807) is 0 Å². The topological polar surface area (TPSA) is 29.3 Å². The van der Waals surface area contributed by atoms with Gasteiger partial charge in [0.25, 0.3) is 0 Å². The molecular formula is C16H26N2. The second kappa shape index (κ2) is 6.79. The van der Waals surface area contributed by atoms with Crippen LogP contribution in [-0.4, -0.2) is 19.6 Å². The molecule has 0 aromatic heterocycles. The molecule has 0 radical (unpaired) electrons. The van der Waals surface area contributed by atoms with E-state index in [9.17, 15) is 0 Å². The summed E-state index contributed by atoms with van der Waals surface area (Å²) in [5.74, 6) is 0.659. The van der Waals surface area contributed by atoms with E-state index in [0.717, 1.165) is 6.54 Å². The van der Waals surface area contributed by atoms with Gasteiger partial charge in [-0.05, 0) is 56.2 Å². The Morgan fingerprint density at radius 1 is 1.28 bits per heavy atom. The van der Waals surface area contributed by atoms with Crippen LogP contribution in [0.2, 0.25) is 0 Å². The highest BCUT2D eigenvalue weighted by atomic mass is 15.1. The summed E-state index contributed by atoms with van der Waals surface area (Å²) >= 11 is 0. The molecule has 0 aliphatic carbocycles. The van der Waals surface area contributed by atoms with Crippen LogP contribution in [0.3, 0.4) is 0 Å². The number of rotatable bonds is 5. The van der Waals surface area contributed by atoms with Crippen molar-refractivity contribution in [2.45, 2.75) is 39.0 Å². The summed E-state index contributed by atoms with van der Waals surface area (Å²) in [6, 6.07) is 8.90. The van der Waals surface area contributed by atoms with Gasteiger partial charge in [0.15, 0.2) is 0 Å². The van der Waals surface area contributed by atoms with Crippen molar-refractivity contribution < 1.29 is 0 Å². The molecule has 2 rings (SSSR count). The highest BCUT2D eigenvalue weighted by Crippen LogP contribution is 2.26. The zero-order valence-electron chi connectivity index (χ0n) is 11.6. The first-order valence-electron chi connectivity index (χ1n) is 7.34. The average molecular weight is 246 g/mol. The molecule has 1 atom stereocenters. The fourth-order valence-electron chi connectivity index (χ4n) is 2.75. The highest BCUT2D eigenvalue weighted by Gasteiger charge is 2.14. The molecule has 0 spiro atoms. The Kier molecular flexibility index (Phi) is 5.06. The Morgan fingerprint density at radius 2 is 2.11 bits per heavy atom. The maximum absolute atomic E-state index is 5.68. The predicted molar refractivity (Wildman–Crippen MR) is 79.0 cm³/mol. The van der Waals surface area contributed by atoms with Crippen LogP contribution in [0.15, 0.2) is 24.3 Å². The van der Waals surface area contributed by atoms with Gasteiger partial charge >= 0.3 is 0 Å². The minimum Gasteiger partial charge on any atom is -0.371 e. The summed E-state index contributed by atoms with van der Waals surface area (Å²) < 4.78 is 0. The van der Waals surface area contributed by atoms with Crippen LogP contribution in [0.25, 0.3) is 0 Å². The number of anilines is 1. The molecule has 2 N–H and O–H groups in total. The first kappa shape index (κ1) is 13.4. The Balaban J connectivity index is 1.95. The maximum Gasteiger partial charge on any atom is 0.0398 e. The summed E-state index contributed by atoms with van der Waals surface area (Å²) in [6.45, 7) is 5.46. The van der Waals surface area contributed by atoms with Crippen molar-refractivity contribution in [1.82, 2.24) is 0 Å². The molecule has 100 valence electrons. The normalized spacial score (nSPS) is 17.1. The second-order valence-electron chi connectivity index (χ2n) is 5.56. The van der Waals surface area contributed by atoms with Crippen molar-refractivity contribution in [2.75, 3.05) is 24.5 Å². The van der Waals surface area contributed by atoms with E-state index >= 15 is 0 Å². The lowest BCUT2D eigenvalue weighted by atomic mass is 10.1. The molecule has 1 unspecified atom stereocenters. The molecule has 0 amide bonds. The standard InChI is InChI=1S/C16H26N2/c1-14(13-17)7-6-12-18-11-5-4-9-15-8-2-3-10-16(15)18/h2-3,8,10,14H,4-7,9,11-13,17H2,1H3. The van der Waals surface area contributed by atoms with E-state index < -0.39 is 0 Å². The number of benzene rings is 1. The smallest absolute Gasteiger partial charge is 0.0398 e. The molecule has 1 aromatic rings. The van der Waals surface area contributed by atoms with Crippen molar-refractivity contribution in [3.05, 3.63) is 29.8 Å². The number of nitrogens with zero attached hydrogens (tertiary/aromatic N) is 1. The average Bonchev–Trinajstić information content (AvgIpc) is 2.61. The van der Waals surface area contributed by atoms with Crippen molar-refractivity contribution in [1.29, 1.82) is 0 Å². The molecule has 0 saturated carbocycles. The number of hydrogen-bond acceptors (Lipinski definition) is 2. The zero-order valence-corrected chi connectivity index (χ0v) is 11.6. The van der Waals surface area contributed by atoms with Gasteiger partial charge < -0.3 is 10.6 Å². The molecule has 1 heterocycles. The van der Waals surface area contributed by atoms with E-state index in [1.165, 1.54) is 56.4 Å². The molecule has 1 aromatic carbocycles. The predicted octanol–water partition coefficient (Wildman–Crippen LogP) is 3.20. The monoisotopic (exact) mass is 246 g/mol. The Bertz CT molecular complexity index is 362. The van der Waals surface area contributed by atoms with Gasteiger partial charge in [-0.1, -0.05) is 25.1 Å². The lowest BCUT2D eigenvalue weighted by Crippen LogP contribution is -2.26. The minimum absolute atomic E-state index is 0.659. The first-order valence-corrected chi connectivity index (χ1v) is 7.34. The van der Waals surface area contributed by atoms with Crippen molar-refractivity contribution in [3.8, 4) is 0 Å². The van der Waals surface area contributed by atoms with E-state index in [4.69, 9.17) is 5.73 Å². The lowest BCUT2D eigenvalue weighted by molar-refractivity contribution is 0.516. The van der Waals surface area contributed by atoms with Crippen LogP contribution in [0, 0.1) is 5.92 Å². The lowest BCUT2D eigenvalue weighted by Gasteiger charge is -2.25. The first-order chi connectivity index (χ1) is 8.81. The number of fused-ring (bicyclic) bond motifs is 1. The van der Waals surface area contributed by atoms with Crippen LogP contribution in [0.1, 0.15) is 38.2 Å². The van der Waals surface area contributed by atoms with Gasteiger partial charge in [-0.25, -0.2) is 0 Å². The van der Waals surface area contributed by atoms with Crippen molar-refractivity contribution in [3.63, 3.8) is 0 Å². The highest BCUT2D eigenvalue weighted by molar-refractivity contribution is 5.54. The molecule has 0 bridgehead atoms. The Labute approximate surface area is 111 Å². The van der Waals surface area contributed by atoms with Crippen molar-refractivity contribution >= 4 is 5.69 Å². The molecule has 1 aliphatic rings. The molecule has 0 fully saturated rings. The van der Waals surface area contributed by atoms with Crippen LogP contribution in [0.4, 0.5) is 5.69 Å². The van der Waals surface area contributed by atoms with Crippen LogP contribution in [-0.2, 0) is 6.42 Å². The van der Waals surface area contributed by atoms with Gasteiger partial charge in [-0.2, -0.15) is 0 Å². The Hall–Kier alpha value is -1.02. The third-order valence-electron chi connectivity index (χ3n) is 3.98. The van der Waals surface area contributed by atoms with E-state index in [2.05, 4.69) is 36.1 Å². The van der Waals surface area contributed by atoms with Crippen molar-refractivity contribution in [2.24, 2.45) is 11.7 Å². The second-order valence-corrected chi connectivity index (χ2v) is 5.56. The number of hydrogen-bond donors (Lipinski definition) is 1. The fraction of sp³-hybridized carbons (Fsp3) is 0.625. The third-order valence-corrected chi connectivity index (χ3v) is 3.98. The summed E-state index contributed by atoms with van der Waals surface area (Å²) in [5, 5.41) is 0.